The van der Waals surface area contributed by atoms with Crippen molar-refractivity contribution in [2.75, 3.05) is 13.1 Å². The summed E-state index contributed by atoms with van der Waals surface area (Å²) in [5.41, 5.74) is 1.06. The molecule has 2 aromatic rings. The van der Waals surface area contributed by atoms with Gasteiger partial charge in [0.05, 0.1) is 10.0 Å². The normalized spacial score (nSPS) is 15.7. The Morgan fingerprint density at radius 1 is 1.00 bits per heavy atom. The van der Waals surface area contributed by atoms with Crippen LogP contribution in [0.2, 0.25) is 10.0 Å². The Hall–Kier alpha value is -0.930. The maximum absolute atomic E-state index is 6.16. The number of rotatable bonds is 4. The van der Waals surface area contributed by atoms with Gasteiger partial charge in [-0.25, -0.2) is 0 Å². The first kappa shape index (κ1) is 16.4. The first-order valence-corrected chi connectivity index (χ1v) is 7.37. The number of para-hydroxylation sites is 1. The van der Waals surface area contributed by atoms with Crippen molar-refractivity contribution < 1.29 is 4.74 Å². The minimum atomic E-state index is -0.00610. The first-order chi connectivity index (χ1) is 9.74. The van der Waals surface area contributed by atoms with E-state index in [0.717, 1.165) is 24.4 Å². The maximum atomic E-state index is 6.16. The molecule has 0 amide bonds. The van der Waals surface area contributed by atoms with E-state index in [4.69, 9.17) is 27.9 Å². The van der Waals surface area contributed by atoms with Crippen LogP contribution in [0.5, 0.6) is 5.75 Å². The number of ether oxygens (including phenoxy) is 1. The zero-order chi connectivity index (χ0) is 13.9. The second-order valence-electron chi connectivity index (χ2n) is 4.94. The standard InChI is InChI=1S/C16H15Cl2NO.ClH/c17-14-7-6-11(8-15(14)18)16(12-9-19-10-12)20-13-4-2-1-3-5-13;/h1-8,12,16,19H,9-10H2;1H/t16-;/m0./s1. The van der Waals surface area contributed by atoms with Gasteiger partial charge in [0.2, 0.25) is 0 Å². The van der Waals surface area contributed by atoms with Crippen LogP contribution in [0.25, 0.3) is 0 Å². The molecule has 1 heterocycles. The molecule has 21 heavy (non-hydrogen) atoms. The fourth-order valence-corrected chi connectivity index (χ4v) is 2.60. The van der Waals surface area contributed by atoms with Crippen LogP contribution in [-0.2, 0) is 0 Å². The van der Waals surface area contributed by atoms with Gasteiger partial charge in [-0.3, -0.25) is 0 Å². The zero-order valence-electron chi connectivity index (χ0n) is 11.3. The number of benzene rings is 2. The third-order valence-corrected chi connectivity index (χ3v) is 4.26. The smallest absolute Gasteiger partial charge is 0.129 e. The number of hydrogen-bond donors (Lipinski definition) is 1. The topological polar surface area (TPSA) is 21.3 Å². The molecule has 1 atom stereocenters. The molecule has 5 heteroatoms. The molecule has 1 aliphatic heterocycles. The van der Waals surface area contributed by atoms with Crippen LogP contribution in [0.1, 0.15) is 11.7 Å². The molecular weight excluding hydrogens is 329 g/mol. The van der Waals surface area contributed by atoms with E-state index in [1.807, 2.05) is 48.5 Å². The molecule has 0 radical (unpaired) electrons. The molecular formula is C16H16Cl3NO. The quantitative estimate of drug-likeness (QED) is 0.864. The summed E-state index contributed by atoms with van der Waals surface area (Å²) in [5, 5.41) is 4.42. The second kappa shape index (κ2) is 7.37. The van der Waals surface area contributed by atoms with E-state index < -0.39 is 0 Å². The highest BCUT2D eigenvalue weighted by Gasteiger charge is 2.30. The molecule has 1 saturated heterocycles. The number of halogens is 3. The Bertz CT molecular complexity index is 587. The van der Waals surface area contributed by atoms with E-state index in [2.05, 4.69) is 5.32 Å². The minimum Gasteiger partial charge on any atom is -0.485 e. The summed E-state index contributed by atoms with van der Waals surface area (Å²) >= 11 is 12.1. The lowest BCUT2D eigenvalue weighted by Crippen LogP contribution is -2.46. The van der Waals surface area contributed by atoms with E-state index >= 15 is 0 Å². The van der Waals surface area contributed by atoms with Crippen molar-refractivity contribution in [1.29, 1.82) is 0 Å². The molecule has 0 aromatic heterocycles. The molecule has 1 fully saturated rings. The third kappa shape index (κ3) is 3.83. The Balaban J connectivity index is 0.00000161. The van der Waals surface area contributed by atoms with Gasteiger partial charge in [0.1, 0.15) is 11.9 Å². The fraction of sp³-hybridized carbons (Fsp3) is 0.250. The summed E-state index contributed by atoms with van der Waals surface area (Å²) in [4.78, 5) is 0. The average molecular weight is 345 g/mol. The van der Waals surface area contributed by atoms with Crippen molar-refractivity contribution in [3.63, 3.8) is 0 Å². The van der Waals surface area contributed by atoms with Crippen LogP contribution in [0.4, 0.5) is 0 Å². The van der Waals surface area contributed by atoms with Crippen LogP contribution < -0.4 is 10.1 Å². The van der Waals surface area contributed by atoms with Crippen LogP contribution in [-0.4, -0.2) is 13.1 Å². The van der Waals surface area contributed by atoms with Gasteiger partial charge in [-0.1, -0.05) is 47.5 Å². The molecule has 0 spiro atoms. The summed E-state index contributed by atoms with van der Waals surface area (Å²) in [6.07, 6.45) is -0.00610. The lowest BCUT2D eigenvalue weighted by atomic mass is 9.91. The van der Waals surface area contributed by atoms with Crippen LogP contribution in [0, 0.1) is 5.92 Å². The highest BCUT2D eigenvalue weighted by Crippen LogP contribution is 2.33. The minimum absolute atomic E-state index is 0. The lowest BCUT2D eigenvalue weighted by Gasteiger charge is -2.35. The largest absolute Gasteiger partial charge is 0.485 e. The van der Waals surface area contributed by atoms with Crippen molar-refractivity contribution >= 4 is 35.6 Å². The van der Waals surface area contributed by atoms with Crippen molar-refractivity contribution in [3.8, 4) is 5.75 Å². The maximum Gasteiger partial charge on any atom is 0.129 e. The van der Waals surface area contributed by atoms with E-state index in [9.17, 15) is 0 Å². The molecule has 1 aliphatic rings. The number of nitrogens with one attached hydrogen (secondary N) is 1. The molecule has 0 aliphatic carbocycles. The summed E-state index contributed by atoms with van der Waals surface area (Å²) in [7, 11) is 0. The second-order valence-corrected chi connectivity index (χ2v) is 5.76. The SMILES string of the molecule is Cl.Clc1ccc([C@H](Oc2ccccc2)C2CNC2)cc1Cl. The summed E-state index contributed by atoms with van der Waals surface area (Å²) < 4.78 is 6.16. The Labute approximate surface area is 140 Å². The molecule has 0 bridgehead atoms. The van der Waals surface area contributed by atoms with Gasteiger partial charge >= 0.3 is 0 Å². The Morgan fingerprint density at radius 3 is 2.29 bits per heavy atom. The summed E-state index contributed by atoms with van der Waals surface area (Å²) in [6.45, 7) is 1.91. The van der Waals surface area contributed by atoms with Gasteiger partial charge in [-0.05, 0) is 29.8 Å². The van der Waals surface area contributed by atoms with Gasteiger partial charge in [0, 0.05) is 19.0 Å². The van der Waals surface area contributed by atoms with E-state index in [1.165, 1.54) is 0 Å². The zero-order valence-corrected chi connectivity index (χ0v) is 13.6. The lowest BCUT2D eigenvalue weighted by molar-refractivity contribution is 0.0993. The van der Waals surface area contributed by atoms with Crippen LogP contribution in [0.3, 0.4) is 0 Å². The third-order valence-electron chi connectivity index (χ3n) is 3.52. The predicted molar refractivity (Wildman–Crippen MR) is 89.9 cm³/mol. The van der Waals surface area contributed by atoms with Gasteiger partial charge < -0.3 is 10.1 Å². The van der Waals surface area contributed by atoms with Crippen molar-refractivity contribution in [3.05, 3.63) is 64.1 Å². The van der Waals surface area contributed by atoms with Crippen molar-refractivity contribution in [2.45, 2.75) is 6.10 Å². The molecule has 3 rings (SSSR count). The van der Waals surface area contributed by atoms with E-state index in [-0.39, 0.29) is 18.5 Å². The van der Waals surface area contributed by atoms with Crippen molar-refractivity contribution in [2.24, 2.45) is 5.92 Å². The highest BCUT2D eigenvalue weighted by molar-refractivity contribution is 6.42. The molecule has 2 nitrogen and oxygen atoms in total. The van der Waals surface area contributed by atoms with Gasteiger partial charge in [-0.2, -0.15) is 0 Å². The van der Waals surface area contributed by atoms with E-state index in [0.29, 0.717) is 16.0 Å². The summed E-state index contributed by atoms with van der Waals surface area (Å²) in [5.74, 6) is 1.32. The Morgan fingerprint density at radius 2 is 1.71 bits per heavy atom. The monoisotopic (exact) mass is 343 g/mol. The number of hydrogen-bond acceptors (Lipinski definition) is 2. The predicted octanol–water partition coefficient (Wildman–Crippen LogP) is 4.75. The van der Waals surface area contributed by atoms with Gasteiger partial charge in [-0.15, -0.1) is 12.4 Å². The fourth-order valence-electron chi connectivity index (χ4n) is 2.30. The average Bonchev–Trinajstić information content (AvgIpc) is 2.40. The van der Waals surface area contributed by atoms with Crippen LogP contribution in [0.15, 0.2) is 48.5 Å². The molecule has 0 unspecified atom stereocenters. The first-order valence-electron chi connectivity index (χ1n) is 6.61. The molecule has 2 aromatic carbocycles. The van der Waals surface area contributed by atoms with E-state index in [1.54, 1.807) is 0 Å². The Kier molecular flexibility index (Phi) is 5.77. The summed E-state index contributed by atoms with van der Waals surface area (Å²) in [6, 6.07) is 15.6. The molecule has 112 valence electrons. The highest BCUT2D eigenvalue weighted by atomic mass is 35.5. The molecule has 1 N–H and O–H groups in total. The van der Waals surface area contributed by atoms with Crippen molar-refractivity contribution in [1.82, 2.24) is 5.32 Å². The van der Waals surface area contributed by atoms with Gasteiger partial charge in [0.15, 0.2) is 0 Å². The van der Waals surface area contributed by atoms with Gasteiger partial charge in [0.25, 0.3) is 0 Å². The van der Waals surface area contributed by atoms with Crippen LogP contribution >= 0.6 is 35.6 Å². The molecule has 0 saturated carbocycles.